The number of anilines is 2. The Labute approximate surface area is 198 Å². The number of H-pyrrole nitrogens is 1. The van der Waals surface area contributed by atoms with Crippen LogP contribution in [0.2, 0.25) is 0 Å². The Morgan fingerprint density at radius 3 is 2.62 bits per heavy atom. The minimum atomic E-state index is -3.35. The highest BCUT2D eigenvalue weighted by atomic mass is 32.2. The zero-order valence-corrected chi connectivity index (χ0v) is 20.0. The topological polar surface area (TPSA) is 108 Å². The van der Waals surface area contributed by atoms with Gasteiger partial charge >= 0.3 is 0 Å². The molecule has 0 saturated carbocycles. The van der Waals surface area contributed by atoms with E-state index in [-0.39, 0.29) is 10.8 Å². The van der Waals surface area contributed by atoms with Crippen LogP contribution in [0.5, 0.6) is 0 Å². The minimum absolute atomic E-state index is 0.0806. The van der Waals surface area contributed by atoms with Gasteiger partial charge in [-0.05, 0) is 44.5 Å². The molecule has 1 amide bonds. The van der Waals surface area contributed by atoms with Gasteiger partial charge in [-0.15, -0.1) is 0 Å². The summed E-state index contributed by atoms with van der Waals surface area (Å²) in [5.41, 5.74) is 5.64. The van der Waals surface area contributed by atoms with Crippen molar-refractivity contribution < 1.29 is 13.2 Å². The predicted molar refractivity (Wildman–Crippen MR) is 133 cm³/mol. The number of sulfone groups is 1. The van der Waals surface area contributed by atoms with Gasteiger partial charge in [-0.3, -0.25) is 4.79 Å². The van der Waals surface area contributed by atoms with Crippen LogP contribution in [-0.2, 0) is 16.4 Å². The van der Waals surface area contributed by atoms with Crippen LogP contribution < -0.4 is 10.2 Å². The SMILES string of the molecule is CCNc1cccc2c1C(=O)N(c1c[nH]c3ncc(-c4ccc(S(=O)(=O)C(C)C)cc4)nc13)C2. The molecule has 1 aliphatic heterocycles. The number of aromatic nitrogens is 3. The van der Waals surface area contributed by atoms with Crippen molar-refractivity contribution in [3.8, 4) is 11.3 Å². The Bertz CT molecular complexity index is 1510. The predicted octanol–water partition coefficient (Wildman–Crippen LogP) is 4.40. The lowest BCUT2D eigenvalue weighted by Crippen LogP contribution is -2.23. The lowest BCUT2D eigenvalue weighted by Gasteiger charge is -2.14. The Hall–Kier alpha value is -3.72. The molecule has 2 aromatic carbocycles. The first-order valence-corrected chi connectivity index (χ1v) is 12.7. The molecule has 5 rings (SSSR count). The van der Waals surface area contributed by atoms with Gasteiger partial charge in [-0.2, -0.15) is 0 Å². The molecule has 8 nitrogen and oxygen atoms in total. The van der Waals surface area contributed by atoms with E-state index in [1.807, 2.05) is 25.1 Å². The van der Waals surface area contributed by atoms with Gasteiger partial charge in [0, 0.05) is 24.0 Å². The second kappa shape index (κ2) is 8.25. The number of hydrogen-bond acceptors (Lipinski definition) is 6. The van der Waals surface area contributed by atoms with Crippen LogP contribution in [0.4, 0.5) is 11.4 Å². The van der Waals surface area contributed by atoms with E-state index in [9.17, 15) is 13.2 Å². The molecule has 0 fully saturated rings. The molecule has 9 heteroatoms. The summed E-state index contributed by atoms with van der Waals surface area (Å²) in [5.74, 6) is -0.0806. The molecule has 2 aromatic heterocycles. The molecule has 0 aliphatic carbocycles. The molecule has 0 saturated heterocycles. The number of rotatable bonds is 6. The smallest absolute Gasteiger partial charge is 0.261 e. The zero-order chi connectivity index (χ0) is 24.0. The number of aromatic amines is 1. The summed E-state index contributed by atoms with van der Waals surface area (Å²) in [7, 11) is -3.35. The second-order valence-electron chi connectivity index (χ2n) is 8.51. The molecule has 174 valence electrons. The first-order chi connectivity index (χ1) is 16.3. The first kappa shape index (κ1) is 22.1. The minimum Gasteiger partial charge on any atom is -0.385 e. The fraction of sp³-hybridized carbons (Fsp3) is 0.240. The van der Waals surface area contributed by atoms with Gasteiger partial charge in [-0.25, -0.2) is 18.4 Å². The van der Waals surface area contributed by atoms with Gasteiger partial charge in [-0.1, -0.05) is 24.3 Å². The van der Waals surface area contributed by atoms with Crippen LogP contribution in [0.15, 0.2) is 59.8 Å². The van der Waals surface area contributed by atoms with E-state index >= 15 is 0 Å². The van der Waals surface area contributed by atoms with Crippen LogP contribution in [0.1, 0.15) is 36.7 Å². The Morgan fingerprint density at radius 2 is 1.91 bits per heavy atom. The molecule has 2 N–H and O–H groups in total. The Kier molecular flexibility index (Phi) is 5.36. The van der Waals surface area contributed by atoms with E-state index in [2.05, 4.69) is 15.3 Å². The standard InChI is InChI=1S/C25H25N5O3S/c1-4-26-19-7-5-6-17-14-30(25(31)22(17)19)21-13-28-24-23(21)29-20(12-27-24)16-8-10-18(11-9-16)34(32,33)15(2)3/h5-13,15,26H,4,14H2,1-3H3,(H,27,28). The summed E-state index contributed by atoms with van der Waals surface area (Å²) in [6.45, 7) is 6.50. The van der Waals surface area contributed by atoms with Crippen molar-refractivity contribution in [2.24, 2.45) is 0 Å². The molecule has 0 spiro atoms. The average molecular weight is 476 g/mol. The molecule has 34 heavy (non-hydrogen) atoms. The largest absolute Gasteiger partial charge is 0.385 e. The number of nitrogens with one attached hydrogen (secondary N) is 2. The number of fused-ring (bicyclic) bond motifs is 2. The van der Waals surface area contributed by atoms with E-state index in [0.717, 1.165) is 23.4 Å². The Morgan fingerprint density at radius 1 is 1.15 bits per heavy atom. The number of amides is 1. The van der Waals surface area contributed by atoms with E-state index in [1.54, 1.807) is 55.4 Å². The molecule has 0 radical (unpaired) electrons. The fourth-order valence-corrected chi connectivity index (χ4v) is 5.26. The van der Waals surface area contributed by atoms with Gasteiger partial charge in [0.05, 0.1) is 39.8 Å². The summed E-state index contributed by atoms with van der Waals surface area (Å²) in [6.07, 6.45) is 3.39. The number of hydrogen-bond donors (Lipinski definition) is 2. The number of nitrogens with zero attached hydrogens (tertiary/aromatic N) is 3. The van der Waals surface area contributed by atoms with Crippen LogP contribution in [0.3, 0.4) is 0 Å². The first-order valence-electron chi connectivity index (χ1n) is 11.2. The molecular weight excluding hydrogens is 450 g/mol. The summed E-state index contributed by atoms with van der Waals surface area (Å²) < 4.78 is 24.9. The van der Waals surface area contributed by atoms with E-state index in [0.29, 0.717) is 34.7 Å². The highest BCUT2D eigenvalue weighted by molar-refractivity contribution is 7.92. The van der Waals surface area contributed by atoms with E-state index in [4.69, 9.17) is 4.98 Å². The Balaban J connectivity index is 1.51. The van der Waals surface area contributed by atoms with Gasteiger partial charge in [0.2, 0.25) is 0 Å². The maximum absolute atomic E-state index is 13.3. The van der Waals surface area contributed by atoms with Gasteiger partial charge in [0.15, 0.2) is 15.5 Å². The lowest BCUT2D eigenvalue weighted by atomic mass is 10.1. The summed E-state index contributed by atoms with van der Waals surface area (Å²) in [4.78, 5) is 27.7. The number of carbonyl (C=O) groups is 1. The molecule has 4 aromatic rings. The van der Waals surface area contributed by atoms with Gasteiger partial charge in [0.1, 0.15) is 5.52 Å². The van der Waals surface area contributed by atoms with Crippen molar-refractivity contribution in [2.75, 3.05) is 16.8 Å². The molecule has 0 bridgehead atoms. The maximum atomic E-state index is 13.3. The van der Waals surface area contributed by atoms with Gasteiger partial charge < -0.3 is 15.2 Å². The number of benzene rings is 2. The average Bonchev–Trinajstić information content (AvgIpc) is 3.40. The third-order valence-electron chi connectivity index (χ3n) is 6.06. The highest BCUT2D eigenvalue weighted by Crippen LogP contribution is 2.36. The van der Waals surface area contributed by atoms with Crippen LogP contribution in [0.25, 0.3) is 22.4 Å². The lowest BCUT2D eigenvalue weighted by molar-refractivity contribution is 0.0997. The van der Waals surface area contributed by atoms with Crippen molar-refractivity contribution in [2.45, 2.75) is 37.5 Å². The van der Waals surface area contributed by atoms with Gasteiger partial charge in [0.25, 0.3) is 5.91 Å². The van der Waals surface area contributed by atoms with Crippen LogP contribution in [-0.4, -0.2) is 41.1 Å². The van der Waals surface area contributed by atoms with Crippen molar-refractivity contribution in [3.63, 3.8) is 0 Å². The monoisotopic (exact) mass is 475 g/mol. The third kappa shape index (κ3) is 3.52. The normalized spacial score (nSPS) is 13.6. The molecule has 3 heterocycles. The zero-order valence-electron chi connectivity index (χ0n) is 19.2. The van der Waals surface area contributed by atoms with E-state index < -0.39 is 15.1 Å². The quantitative estimate of drug-likeness (QED) is 0.428. The van der Waals surface area contributed by atoms with Crippen molar-refractivity contribution in [1.29, 1.82) is 0 Å². The third-order valence-corrected chi connectivity index (χ3v) is 8.23. The molecule has 1 aliphatic rings. The number of carbonyl (C=O) groups excluding carboxylic acids is 1. The van der Waals surface area contributed by atoms with Crippen molar-refractivity contribution in [3.05, 3.63) is 66.0 Å². The summed E-state index contributed by atoms with van der Waals surface area (Å²) in [5, 5.41) is 2.77. The molecule has 0 unspecified atom stereocenters. The van der Waals surface area contributed by atoms with Crippen molar-refractivity contribution in [1.82, 2.24) is 15.0 Å². The fourth-order valence-electron chi connectivity index (χ4n) is 4.20. The van der Waals surface area contributed by atoms with Crippen LogP contribution >= 0.6 is 0 Å². The van der Waals surface area contributed by atoms with Crippen molar-refractivity contribution >= 4 is 38.3 Å². The second-order valence-corrected chi connectivity index (χ2v) is 11.0. The van der Waals surface area contributed by atoms with Crippen LogP contribution in [0, 0.1) is 0 Å². The molecule has 0 atom stereocenters. The summed E-state index contributed by atoms with van der Waals surface area (Å²) >= 11 is 0. The van der Waals surface area contributed by atoms with E-state index in [1.165, 1.54) is 0 Å². The maximum Gasteiger partial charge on any atom is 0.261 e. The highest BCUT2D eigenvalue weighted by Gasteiger charge is 2.32. The summed E-state index contributed by atoms with van der Waals surface area (Å²) in [6, 6.07) is 12.5. The molecular formula is C25H25N5O3S.